The van der Waals surface area contributed by atoms with Gasteiger partial charge in [-0.15, -0.1) is 0 Å². The Labute approximate surface area is 159 Å². The van der Waals surface area contributed by atoms with Gasteiger partial charge in [-0.05, 0) is 52.3 Å². The number of halogens is 3. The lowest BCUT2D eigenvalue weighted by Gasteiger charge is -2.11. The largest absolute Gasteiger partial charge is 0.421 e. The highest BCUT2D eigenvalue weighted by Gasteiger charge is 2.16. The maximum atomic E-state index is 12.3. The van der Waals surface area contributed by atoms with Gasteiger partial charge < -0.3 is 4.74 Å². The first-order valence-electron chi connectivity index (χ1n) is 6.57. The number of carbonyl (C=O) groups excluding carboxylic acids is 1. The van der Waals surface area contributed by atoms with E-state index in [2.05, 4.69) is 31.9 Å². The summed E-state index contributed by atoms with van der Waals surface area (Å²) in [7, 11) is 0. The first-order valence-corrected chi connectivity index (χ1v) is 8.54. The van der Waals surface area contributed by atoms with Crippen molar-refractivity contribution < 1.29 is 14.5 Å². The van der Waals surface area contributed by atoms with E-state index in [1.54, 1.807) is 24.3 Å². The molecule has 0 spiro atoms. The van der Waals surface area contributed by atoms with Gasteiger partial charge >= 0.3 is 5.97 Å². The molecular weight excluding hydrogens is 465 g/mol. The third-order valence-electron chi connectivity index (χ3n) is 2.96. The summed E-state index contributed by atoms with van der Waals surface area (Å²) < 4.78 is 6.59. The molecule has 0 atom stereocenters. The van der Waals surface area contributed by atoms with E-state index >= 15 is 0 Å². The van der Waals surface area contributed by atoms with Crippen molar-refractivity contribution in [2.24, 2.45) is 0 Å². The Kier molecular flexibility index (Phi) is 6.15. The third kappa shape index (κ3) is 4.66. The predicted molar refractivity (Wildman–Crippen MR) is 98.9 cm³/mol. The first kappa shape index (κ1) is 18.6. The van der Waals surface area contributed by atoms with Crippen LogP contribution in [0.2, 0.25) is 5.02 Å². The minimum Gasteiger partial charge on any atom is -0.421 e. The topological polar surface area (TPSA) is 69.4 Å². The molecule has 2 aromatic carbocycles. The fourth-order valence-electron chi connectivity index (χ4n) is 1.81. The Morgan fingerprint density at radius 2 is 1.88 bits per heavy atom. The molecule has 2 aromatic rings. The summed E-state index contributed by atoms with van der Waals surface area (Å²) in [6.45, 7) is 1.36. The van der Waals surface area contributed by atoms with Crippen LogP contribution in [-0.4, -0.2) is 10.9 Å². The molecule has 24 heavy (non-hydrogen) atoms. The van der Waals surface area contributed by atoms with Crippen molar-refractivity contribution in [3.05, 3.63) is 77.3 Å². The lowest BCUT2D eigenvalue weighted by molar-refractivity contribution is -0.422. The van der Waals surface area contributed by atoms with E-state index < -0.39 is 10.9 Å². The molecule has 0 bridgehead atoms. The zero-order valence-electron chi connectivity index (χ0n) is 12.3. The molecule has 0 fully saturated rings. The Morgan fingerprint density at radius 1 is 1.25 bits per heavy atom. The molecule has 0 aromatic heterocycles. The molecular formula is C16H10Br2ClNO4. The van der Waals surface area contributed by atoms with Crippen LogP contribution >= 0.6 is 43.5 Å². The molecule has 8 heteroatoms. The third-order valence-corrected chi connectivity index (χ3v) is 4.26. The lowest BCUT2D eigenvalue weighted by Crippen LogP contribution is -2.10. The van der Waals surface area contributed by atoms with Gasteiger partial charge in [0.1, 0.15) is 0 Å². The van der Waals surface area contributed by atoms with E-state index in [0.717, 1.165) is 0 Å². The molecule has 0 heterocycles. The average Bonchev–Trinajstić information content (AvgIpc) is 2.51. The van der Waals surface area contributed by atoms with Gasteiger partial charge in [-0.25, -0.2) is 4.79 Å². The maximum Gasteiger partial charge on any atom is 0.343 e. The van der Waals surface area contributed by atoms with Crippen LogP contribution in [0.4, 0.5) is 0 Å². The van der Waals surface area contributed by atoms with Gasteiger partial charge in [0.2, 0.25) is 5.70 Å². The van der Waals surface area contributed by atoms with Crippen LogP contribution in [0.1, 0.15) is 22.8 Å². The van der Waals surface area contributed by atoms with Gasteiger partial charge in [-0.1, -0.05) is 27.5 Å². The van der Waals surface area contributed by atoms with E-state index in [-0.39, 0.29) is 11.4 Å². The fourth-order valence-corrected chi connectivity index (χ4v) is 3.28. The maximum absolute atomic E-state index is 12.3. The summed E-state index contributed by atoms with van der Waals surface area (Å²) in [5.41, 5.74) is 0.631. The average molecular weight is 476 g/mol. The van der Waals surface area contributed by atoms with Crippen LogP contribution in [0.15, 0.2) is 51.0 Å². The SMILES string of the molecule is C/C(=C\c1cc(Br)cc(Br)c1OC(=O)c1ccc(Cl)cc1)[N+](=O)[O-]. The van der Waals surface area contributed by atoms with Crippen molar-refractivity contribution >= 4 is 55.5 Å². The molecule has 0 saturated carbocycles. The molecule has 0 amide bonds. The summed E-state index contributed by atoms with van der Waals surface area (Å²) in [5.74, 6) is -0.401. The van der Waals surface area contributed by atoms with Gasteiger partial charge in [-0.3, -0.25) is 10.1 Å². The Bertz CT molecular complexity index is 835. The van der Waals surface area contributed by atoms with Crippen molar-refractivity contribution in [3.8, 4) is 5.75 Å². The molecule has 0 radical (unpaired) electrons. The first-order chi connectivity index (χ1) is 11.3. The minimum absolute atomic E-state index is 0.0798. The summed E-state index contributed by atoms with van der Waals surface area (Å²) in [4.78, 5) is 22.6. The van der Waals surface area contributed by atoms with Crippen LogP contribution in [0, 0.1) is 10.1 Å². The van der Waals surface area contributed by atoms with Crippen LogP contribution < -0.4 is 4.74 Å². The normalized spacial score (nSPS) is 11.2. The number of hydrogen-bond acceptors (Lipinski definition) is 4. The summed E-state index contributed by atoms with van der Waals surface area (Å²) >= 11 is 12.4. The number of carbonyl (C=O) groups is 1. The second-order valence-electron chi connectivity index (χ2n) is 4.75. The molecule has 0 aliphatic heterocycles. The van der Waals surface area contributed by atoms with E-state index in [9.17, 15) is 14.9 Å². The zero-order valence-corrected chi connectivity index (χ0v) is 16.2. The second kappa shape index (κ2) is 7.92. The van der Waals surface area contributed by atoms with Gasteiger partial charge in [0.25, 0.3) is 0 Å². The zero-order chi connectivity index (χ0) is 17.9. The number of nitrogens with zero attached hydrogens (tertiary/aromatic N) is 1. The van der Waals surface area contributed by atoms with E-state index in [4.69, 9.17) is 16.3 Å². The standard InChI is InChI=1S/C16H10Br2ClNO4/c1-9(20(22)23)6-11-7-12(17)8-14(18)15(11)24-16(21)10-2-4-13(19)5-3-10/h2-8H,1H3/b9-6+. The highest BCUT2D eigenvalue weighted by molar-refractivity contribution is 9.11. The molecule has 5 nitrogen and oxygen atoms in total. The molecule has 0 N–H and O–H groups in total. The summed E-state index contributed by atoms with van der Waals surface area (Å²) in [6, 6.07) is 9.54. The number of allylic oxidation sites excluding steroid dienone is 1. The van der Waals surface area contributed by atoms with Crippen LogP contribution in [0.5, 0.6) is 5.75 Å². The number of esters is 1. The fraction of sp³-hybridized carbons (Fsp3) is 0.0625. The predicted octanol–water partition coefficient (Wildman–Crippen LogP) is 5.72. The summed E-state index contributed by atoms with van der Waals surface area (Å²) in [6.07, 6.45) is 1.33. The van der Waals surface area contributed by atoms with Crippen molar-refractivity contribution in [2.75, 3.05) is 0 Å². The number of benzene rings is 2. The molecule has 0 aliphatic rings. The molecule has 0 aliphatic carbocycles. The molecule has 0 unspecified atom stereocenters. The van der Waals surface area contributed by atoms with Crippen LogP contribution in [0.3, 0.4) is 0 Å². The number of nitro groups is 1. The van der Waals surface area contributed by atoms with Crippen molar-refractivity contribution in [1.29, 1.82) is 0 Å². The Morgan fingerprint density at radius 3 is 2.46 bits per heavy atom. The molecule has 124 valence electrons. The van der Waals surface area contributed by atoms with Gasteiger partial charge in [0.15, 0.2) is 5.75 Å². The van der Waals surface area contributed by atoms with Crippen molar-refractivity contribution in [2.45, 2.75) is 6.92 Å². The van der Waals surface area contributed by atoms with Gasteiger partial charge in [0.05, 0.1) is 15.0 Å². The Hall–Kier alpha value is -1.70. The van der Waals surface area contributed by atoms with Crippen LogP contribution in [0.25, 0.3) is 6.08 Å². The quantitative estimate of drug-likeness (QED) is 0.245. The molecule has 0 saturated heterocycles. The van der Waals surface area contributed by atoms with E-state index in [1.807, 2.05) is 0 Å². The number of hydrogen-bond donors (Lipinski definition) is 0. The minimum atomic E-state index is -0.594. The van der Waals surface area contributed by atoms with Crippen molar-refractivity contribution in [1.82, 2.24) is 0 Å². The molecule has 2 rings (SSSR count). The highest BCUT2D eigenvalue weighted by atomic mass is 79.9. The summed E-state index contributed by atoms with van der Waals surface area (Å²) in [5, 5.41) is 11.4. The van der Waals surface area contributed by atoms with E-state index in [1.165, 1.54) is 25.1 Å². The number of rotatable bonds is 4. The van der Waals surface area contributed by atoms with Gasteiger partial charge in [-0.2, -0.15) is 0 Å². The van der Waals surface area contributed by atoms with E-state index in [0.29, 0.717) is 25.1 Å². The van der Waals surface area contributed by atoms with Gasteiger partial charge in [0, 0.05) is 28.1 Å². The Balaban J connectivity index is 2.42. The lowest BCUT2D eigenvalue weighted by atomic mass is 10.1. The second-order valence-corrected chi connectivity index (χ2v) is 6.95. The highest BCUT2D eigenvalue weighted by Crippen LogP contribution is 2.35. The number of ether oxygens (including phenoxy) is 1. The van der Waals surface area contributed by atoms with Crippen molar-refractivity contribution in [3.63, 3.8) is 0 Å². The monoisotopic (exact) mass is 473 g/mol. The van der Waals surface area contributed by atoms with Crippen LogP contribution in [-0.2, 0) is 0 Å². The smallest absolute Gasteiger partial charge is 0.343 e.